The normalized spacial score (nSPS) is 9.68. The molecule has 90 valence electrons. The van der Waals surface area contributed by atoms with Crippen LogP contribution in [0.2, 0.25) is 0 Å². The van der Waals surface area contributed by atoms with Gasteiger partial charge in [-0.15, -0.1) is 11.3 Å². The minimum absolute atomic E-state index is 1.05. The van der Waals surface area contributed by atoms with Crippen LogP contribution < -0.4 is 0 Å². The van der Waals surface area contributed by atoms with Crippen molar-refractivity contribution in [1.82, 2.24) is 0 Å². The summed E-state index contributed by atoms with van der Waals surface area (Å²) in [6.45, 7) is 0. The first-order chi connectivity index (χ1) is 9.42. The van der Waals surface area contributed by atoms with Gasteiger partial charge >= 0.3 is 0 Å². The molecule has 0 fully saturated rings. The van der Waals surface area contributed by atoms with E-state index in [9.17, 15) is 0 Å². The molecule has 0 bridgehead atoms. The van der Waals surface area contributed by atoms with Gasteiger partial charge in [-0.1, -0.05) is 60.4 Å². The first kappa shape index (κ1) is 11.8. The second-order valence-electron chi connectivity index (χ2n) is 4.18. The van der Waals surface area contributed by atoms with Crippen LogP contribution in [0, 0.1) is 11.8 Å². The molecular weight excluding hydrogens is 248 g/mol. The molecule has 1 aromatic heterocycles. The Morgan fingerprint density at radius 2 is 1.37 bits per heavy atom. The Bertz CT molecular complexity index is 712. The van der Waals surface area contributed by atoms with Crippen LogP contribution in [-0.4, -0.2) is 0 Å². The molecule has 0 spiro atoms. The van der Waals surface area contributed by atoms with Gasteiger partial charge in [0, 0.05) is 5.56 Å². The minimum Gasteiger partial charge on any atom is -0.135 e. The maximum atomic E-state index is 3.22. The molecule has 3 rings (SSSR count). The van der Waals surface area contributed by atoms with Crippen LogP contribution in [0.15, 0.2) is 72.1 Å². The minimum atomic E-state index is 1.05. The molecule has 0 N–H and O–H groups in total. The maximum absolute atomic E-state index is 3.22. The third kappa shape index (κ3) is 2.93. The van der Waals surface area contributed by atoms with Gasteiger partial charge in [0.2, 0.25) is 0 Å². The Balaban J connectivity index is 1.85. The highest BCUT2D eigenvalue weighted by atomic mass is 32.1. The lowest BCUT2D eigenvalue weighted by Crippen LogP contribution is -1.72. The van der Waals surface area contributed by atoms with E-state index in [4.69, 9.17) is 0 Å². The SMILES string of the molecule is C(#Cc1cc(-c2ccccc2)cs1)c1ccccc1. The highest BCUT2D eigenvalue weighted by molar-refractivity contribution is 7.11. The lowest BCUT2D eigenvalue weighted by molar-refractivity contribution is 1.65. The molecule has 2 aromatic carbocycles. The highest BCUT2D eigenvalue weighted by Crippen LogP contribution is 2.24. The Kier molecular flexibility index (Phi) is 3.45. The van der Waals surface area contributed by atoms with Gasteiger partial charge in [0.15, 0.2) is 0 Å². The first-order valence-corrected chi connectivity index (χ1v) is 7.01. The number of hydrogen-bond donors (Lipinski definition) is 0. The molecule has 0 amide bonds. The van der Waals surface area contributed by atoms with Crippen LogP contribution in [-0.2, 0) is 0 Å². The molecular formula is C18H12S. The zero-order valence-electron chi connectivity index (χ0n) is 10.3. The summed E-state index contributed by atoms with van der Waals surface area (Å²) in [4.78, 5) is 1.10. The lowest BCUT2D eigenvalue weighted by atomic mass is 10.1. The second kappa shape index (κ2) is 5.56. The Hall–Kier alpha value is -2.30. The molecule has 0 saturated carbocycles. The van der Waals surface area contributed by atoms with Gasteiger partial charge in [0.1, 0.15) is 0 Å². The molecule has 19 heavy (non-hydrogen) atoms. The third-order valence-electron chi connectivity index (χ3n) is 2.81. The summed E-state index contributed by atoms with van der Waals surface area (Å²) in [5.74, 6) is 6.41. The van der Waals surface area contributed by atoms with E-state index in [0.717, 1.165) is 10.4 Å². The highest BCUT2D eigenvalue weighted by Gasteiger charge is 1.99. The molecule has 0 saturated heterocycles. The van der Waals surface area contributed by atoms with Gasteiger partial charge in [-0.05, 0) is 34.7 Å². The topological polar surface area (TPSA) is 0 Å². The zero-order chi connectivity index (χ0) is 12.9. The van der Waals surface area contributed by atoms with E-state index in [1.54, 1.807) is 11.3 Å². The fourth-order valence-electron chi connectivity index (χ4n) is 1.84. The zero-order valence-corrected chi connectivity index (χ0v) is 11.2. The summed E-state index contributed by atoms with van der Waals surface area (Å²) >= 11 is 1.69. The van der Waals surface area contributed by atoms with Crippen LogP contribution >= 0.6 is 11.3 Å². The number of thiophene rings is 1. The summed E-state index contributed by atoms with van der Waals surface area (Å²) in [6.07, 6.45) is 0. The molecule has 0 radical (unpaired) electrons. The van der Waals surface area contributed by atoms with E-state index in [2.05, 4.69) is 47.6 Å². The lowest BCUT2D eigenvalue weighted by Gasteiger charge is -1.94. The molecule has 1 heterocycles. The van der Waals surface area contributed by atoms with E-state index in [-0.39, 0.29) is 0 Å². The number of benzene rings is 2. The van der Waals surface area contributed by atoms with Gasteiger partial charge in [-0.25, -0.2) is 0 Å². The molecule has 0 nitrogen and oxygen atoms in total. The third-order valence-corrected chi connectivity index (χ3v) is 3.66. The van der Waals surface area contributed by atoms with Crippen molar-refractivity contribution in [1.29, 1.82) is 0 Å². The van der Waals surface area contributed by atoms with E-state index in [1.807, 2.05) is 36.4 Å². The Morgan fingerprint density at radius 1 is 0.684 bits per heavy atom. The van der Waals surface area contributed by atoms with Crippen molar-refractivity contribution in [3.8, 4) is 23.0 Å². The molecule has 0 aliphatic carbocycles. The van der Waals surface area contributed by atoms with Gasteiger partial charge in [-0.2, -0.15) is 0 Å². The van der Waals surface area contributed by atoms with Crippen LogP contribution in [0.25, 0.3) is 11.1 Å². The maximum Gasteiger partial charge on any atom is 0.0778 e. The predicted molar refractivity (Wildman–Crippen MR) is 82.2 cm³/mol. The van der Waals surface area contributed by atoms with Crippen molar-refractivity contribution in [3.63, 3.8) is 0 Å². The fourth-order valence-corrected chi connectivity index (χ4v) is 2.60. The number of hydrogen-bond acceptors (Lipinski definition) is 1. The average Bonchev–Trinajstić information content (AvgIpc) is 2.96. The summed E-state index contributed by atoms with van der Waals surface area (Å²) in [5.41, 5.74) is 3.53. The molecule has 0 aliphatic heterocycles. The van der Waals surface area contributed by atoms with Gasteiger partial charge in [0.25, 0.3) is 0 Å². The average molecular weight is 260 g/mol. The molecule has 0 atom stereocenters. The van der Waals surface area contributed by atoms with Crippen LogP contribution in [0.1, 0.15) is 10.4 Å². The van der Waals surface area contributed by atoms with Gasteiger partial charge in [-0.3, -0.25) is 0 Å². The van der Waals surface area contributed by atoms with Crippen molar-refractivity contribution in [2.75, 3.05) is 0 Å². The number of rotatable bonds is 1. The molecule has 0 aliphatic rings. The van der Waals surface area contributed by atoms with E-state index in [1.165, 1.54) is 11.1 Å². The summed E-state index contributed by atoms with van der Waals surface area (Å²) in [7, 11) is 0. The monoisotopic (exact) mass is 260 g/mol. The predicted octanol–water partition coefficient (Wildman–Crippen LogP) is 4.81. The van der Waals surface area contributed by atoms with Crippen LogP contribution in [0.4, 0.5) is 0 Å². The summed E-state index contributed by atoms with van der Waals surface area (Å²) in [6, 6.07) is 22.6. The van der Waals surface area contributed by atoms with Gasteiger partial charge < -0.3 is 0 Å². The smallest absolute Gasteiger partial charge is 0.0778 e. The van der Waals surface area contributed by atoms with Gasteiger partial charge in [0.05, 0.1) is 4.88 Å². The van der Waals surface area contributed by atoms with Crippen molar-refractivity contribution in [2.24, 2.45) is 0 Å². The first-order valence-electron chi connectivity index (χ1n) is 6.13. The van der Waals surface area contributed by atoms with E-state index < -0.39 is 0 Å². The Labute approximate surface area is 117 Å². The molecule has 3 aromatic rings. The molecule has 0 unspecified atom stereocenters. The van der Waals surface area contributed by atoms with Crippen LogP contribution in [0.5, 0.6) is 0 Å². The van der Waals surface area contributed by atoms with Crippen molar-refractivity contribution < 1.29 is 0 Å². The van der Waals surface area contributed by atoms with Crippen molar-refractivity contribution >= 4 is 11.3 Å². The fraction of sp³-hybridized carbons (Fsp3) is 0. The Morgan fingerprint density at radius 3 is 2.11 bits per heavy atom. The quantitative estimate of drug-likeness (QED) is 0.550. The van der Waals surface area contributed by atoms with Crippen molar-refractivity contribution in [3.05, 3.63) is 82.6 Å². The van der Waals surface area contributed by atoms with E-state index in [0.29, 0.717) is 0 Å². The second-order valence-corrected chi connectivity index (χ2v) is 5.09. The van der Waals surface area contributed by atoms with Crippen LogP contribution in [0.3, 0.4) is 0 Å². The largest absolute Gasteiger partial charge is 0.135 e. The summed E-state index contributed by atoms with van der Waals surface area (Å²) < 4.78 is 0. The van der Waals surface area contributed by atoms with Crippen molar-refractivity contribution in [2.45, 2.75) is 0 Å². The molecule has 1 heteroatoms. The summed E-state index contributed by atoms with van der Waals surface area (Å²) in [5, 5.41) is 2.16. The van der Waals surface area contributed by atoms with E-state index >= 15 is 0 Å². The standard InChI is InChI=1S/C18H12S/c1-3-7-15(8-4-1)11-12-18-13-17(14-19-18)16-9-5-2-6-10-16/h1-10,13-14H.